The highest BCUT2D eigenvalue weighted by molar-refractivity contribution is 5.36. The van der Waals surface area contributed by atoms with Gasteiger partial charge in [0, 0.05) is 12.0 Å². The van der Waals surface area contributed by atoms with E-state index in [1.165, 1.54) is 19.3 Å². The maximum absolute atomic E-state index is 9.34. The van der Waals surface area contributed by atoms with Crippen molar-refractivity contribution in [3.05, 3.63) is 0 Å². The van der Waals surface area contributed by atoms with E-state index in [1.54, 1.807) is 0 Å². The summed E-state index contributed by atoms with van der Waals surface area (Å²) < 4.78 is 0. The maximum Gasteiger partial charge on any atom is 0.0495 e. The van der Waals surface area contributed by atoms with Crippen LogP contribution in [0.3, 0.4) is 0 Å². The molecule has 0 aromatic carbocycles. The van der Waals surface area contributed by atoms with Crippen molar-refractivity contribution in [3.8, 4) is 0 Å². The molecule has 11 heavy (non-hydrogen) atoms. The Labute approximate surface area is 67.8 Å². The van der Waals surface area contributed by atoms with Crippen molar-refractivity contribution in [1.82, 2.24) is 0 Å². The van der Waals surface area contributed by atoms with Gasteiger partial charge in [0.1, 0.15) is 0 Å². The molecule has 1 heteroatoms. The molecule has 4 atom stereocenters. The Morgan fingerprint density at radius 1 is 1.45 bits per heavy atom. The molecule has 5 fully saturated rings. The molecule has 0 amide bonds. The summed E-state index contributed by atoms with van der Waals surface area (Å²) in [5.74, 6) is 0.880. The Balaban J connectivity index is 2.08. The molecule has 4 bridgehead atoms. The summed E-state index contributed by atoms with van der Waals surface area (Å²) in [6.45, 7) is 5.25. The molecule has 0 aromatic rings. The van der Waals surface area contributed by atoms with Gasteiger partial charge in [0.25, 0.3) is 0 Å². The average molecular weight is 152 g/mol. The van der Waals surface area contributed by atoms with Crippen LogP contribution >= 0.6 is 0 Å². The first-order valence-electron chi connectivity index (χ1n) is 4.72. The first kappa shape index (κ1) is 6.47. The zero-order chi connectivity index (χ0) is 7.91. The van der Waals surface area contributed by atoms with Crippen LogP contribution in [0.1, 0.15) is 33.1 Å². The number of fused-ring (bicyclic) bond motifs is 1. The third kappa shape index (κ3) is 0.312. The van der Waals surface area contributed by atoms with Crippen LogP contribution in [0.5, 0.6) is 0 Å². The molecule has 5 rings (SSSR count). The molecule has 0 spiro atoms. The monoisotopic (exact) mass is 152 g/mol. The third-order valence-electron chi connectivity index (χ3n) is 5.69. The first-order chi connectivity index (χ1) is 5.11. The summed E-state index contributed by atoms with van der Waals surface area (Å²) in [5, 5.41) is 9.34. The highest BCUT2D eigenvalue weighted by Crippen LogP contribution is 2.93. The molecule has 0 radical (unpaired) electrons. The number of hydrogen-bond acceptors (Lipinski definition) is 1. The summed E-state index contributed by atoms with van der Waals surface area (Å²) in [6, 6.07) is 0. The Hall–Kier alpha value is -0.0400. The quantitative estimate of drug-likeness (QED) is 0.607. The van der Waals surface area contributed by atoms with Gasteiger partial charge in [-0.1, -0.05) is 13.8 Å². The molecule has 62 valence electrons. The van der Waals surface area contributed by atoms with E-state index in [1.807, 2.05) is 0 Å². The Kier molecular flexibility index (Phi) is 0.755. The smallest absolute Gasteiger partial charge is 0.0495 e. The number of aliphatic hydroxyl groups is 1. The van der Waals surface area contributed by atoms with Crippen LogP contribution in [0, 0.1) is 22.2 Å². The fourth-order valence-electron chi connectivity index (χ4n) is 4.83. The Morgan fingerprint density at radius 2 is 2.18 bits per heavy atom. The summed E-state index contributed by atoms with van der Waals surface area (Å²) in [6.07, 6.45) is 4.06. The van der Waals surface area contributed by atoms with Gasteiger partial charge in [-0.2, -0.15) is 0 Å². The molecule has 1 N–H and O–H groups in total. The third-order valence-corrected chi connectivity index (χ3v) is 5.69. The van der Waals surface area contributed by atoms with Gasteiger partial charge >= 0.3 is 0 Å². The minimum atomic E-state index is 0.391. The van der Waals surface area contributed by atoms with E-state index in [0.29, 0.717) is 22.9 Å². The minimum absolute atomic E-state index is 0.391. The van der Waals surface area contributed by atoms with Gasteiger partial charge in [-0.25, -0.2) is 0 Å². The zero-order valence-corrected chi connectivity index (χ0v) is 7.35. The minimum Gasteiger partial charge on any atom is -0.396 e. The van der Waals surface area contributed by atoms with E-state index >= 15 is 0 Å². The number of rotatable bonds is 1. The Bertz CT molecular complexity index is 237. The van der Waals surface area contributed by atoms with Crippen LogP contribution in [0.25, 0.3) is 0 Å². The van der Waals surface area contributed by atoms with Crippen molar-refractivity contribution in [2.24, 2.45) is 22.2 Å². The SMILES string of the molecule is C[C@@]12CC[C@H]3[C@]1(CO)C[C@@]32C. The largest absolute Gasteiger partial charge is 0.396 e. The fourth-order valence-corrected chi connectivity index (χ4v) is 4.83. The van der Waals surface area contributed by atoms with Crippen LogP contribution in [-0.2, 0) is 0 Å². The topological polar surface area (TPSA) is 20.2 Å². The second-order valence-electron chi connectivity index (χ2n) is 5.33. The van der Waals surface area contributed by atoms with E-state index in [9.17, 15) is 5.11 Å². The van der Waals surface area contributed by atoms with Gasteiger partial charge in [-0.3, -0.25) is 0 Å². The van der Waals surface area contributed by atoms with Gasteiger partial charge in [-0.15, -0.1) is 0 Å². The molecule has 5 aliphatic rings. The molecule has 0 aromatic heterocycles. The van der Waals surface area contributed by atoms with Gasteiger partial charge in [0.15, 0.2) is 0 Å². The summed E-state index contributed by atoms with van der Waals surface area (Å²) in [5.41, 5.74) is 1.55. The van der Waals surface area contributed by atoms with E-state index in [2.05, 4.69) is 13.8 Å². The fraction of sp³-hybridized carbons (Fsp3) is 1.00. The Morgan fingerprint density at radius 3 is 2.45 bits per heavy atom. The standard InChI is InChI=1S/C10H16O/c1-8-5-10(6-11)7(8)3-4-9(8,10)2/h7,11H,3-6H2,1-2H3/t7-,8+,9+,10-/m1/s1. The summed E-state index contributed by atoms with van der Waals surface area (Å²) in [7, 11) is 0. The first-order valence-corrected chi connectivity index (χ1v) is 4.72. The summed E-state index contributed by atoms with van der Waals surface area (Å²) >= 11 is 0. The van der Waals surface area contributed by atoms with Crippen molar-refractivity contribution < 1.29 is 5.11 Å². The molecular formula is C10H16O. The van der Waals surface area contributed by atoms with Gasteiger partial charge < -0.3 is 5.11 Å². The van der Waals surface area contributed by atoms with E-state index in [0.717, 1.165) is 5.92 Å². The van der Waals surface area contributed by atoms with Gasteiger partial charge in [0.2, 0.25) is 0 Å². The maximum atomic E-state index is 9.34. The molecule has 1 nitrogen and oxygen atoms in total. The molecule has 0 saturated heterocycles. The van der Waals surface area contributed by atoms with Crippen LogP contribution < -0.4 is 0 Å². The second kappa shape index (κ2) is 1.28. The lowest BCUT2D eigenvalue weighted by molar-refractivity contribution is -0.361. The average Bonchev–Trinajstić information content (AvgIpc) is 2.34. The molecular weight excluding hydrogens is 136 g/mol. The lowest BCUT2D eigenvalue weighted by Gasteiger charge is -2.82. The van der Waals surface area contributed by atoms with Crippen molar-refractivity contribution in [3.63, 3.8) is 0 Å². The van der Waals surface area contributed by atoms with Crippen LogP contribution in [0.2, 0.25) is 0 Å². The zero-order valence-electron chi connectivity index (χ0n) is 7.35. The lowest BCUT2D eigenvalue weighted by atomic mass is 9.22. The lowest BCUT2D eigenvalue weighted by Crippen LogP contribution is -2.79. The van der Waals surface area contributed by atoms with Gasteiger partial charge in [-0.05, 0) is 36.0 Å². The molecule has 0 unspecified atom stereocenters. The van der Waals surface area contributed by atoms with Crippen molar-refractivity contribution >= 4 is 0 Å². The molecule has 5 aliphatic carbocycles. The van der Waals surface area contributed by atoms with Crippen LogP contribution in [0.15, 0.2) is 0 Å². The van der Waals surface area contributed by atoms with Crippen molar-refractivity contribution in [2.45, 2.75) is 33.1 Å². The normalized spacial score (nSPS) is 70.6. The number of aliphatic hydroxyl groups excluding tert-OH is 1. The van der Waals surface area contributed by atoms with Crippen LogP contribution in [0.4, 0.5) is 0 Å². The summed E-state index contributed by atoms with van der Waals surface area (Å²) in [4.78, 5) is 0. The van der Waals surface area contributed by atoms with E-state index in [4.69, 9.17) is 0 Å². The molecule has 5 saturated carbocycles. The number of hydrogen-bond donors (Lipinski definition) is 1. The predicted octanol–water partition coefficient (Wildman–Crippen LogP) is 1.80. The molecule has 0 aliphatic heterocycles. The van der Waals surface area contributed by atoms with Crippen LogP contribution in [-0.4, -0.2) is 11.7 Å². The van der Waals surface area contributed by atoms with E-state index in [-0.39, 0.29) is 0 Å². The highest BCUT2D eigenvalue weighted by atomic mass is 16.3. The predicted molar refractivity (Wildman–Crippen MR) is 43.1 cm³/mol. The van der Waals surface area contributed by atoms with Crippen molar-refractivity contribution in [1.29, 1.82) is 0 Å². The highest BCUT2D eigenvalue weighted by Gasteiger charge is 2.88. The second-order valence-corrected chi connectivity index (χ2v) is 5.33. The molecule has 0 heterocycles. The van der Waals surface area contributed by atoms with Crippen molar-refractivity contribution in [2.75, 3.05) is 6.61 Å². The van der Waals surface area contributed by atoms with E-state index < -0.39 is 0 Å². The van der Waals surface area contributed by atoms with Gasteiger partial charge in [0.05, 0.1) is 0 Å².